The summed E-state index contributed by atoms with van der Waals surface area (Å²) in [6.45, 7) is 5.99. The topological polar surface area (TPSA) is 12.0 Å². The summed E-state index contributed by atoms with van der Waals surface area (Å²) < 4.78 is 0. The zero-order valence-electron chi connectivity index (χ0n) is 7.31. The van der Waals surface area contributed by atoms with Gasteiger partial charge in [-0.15, -0.1) is 6.58 Å². The highest BCUT2D eigenvalue weighted by Crippen LogP contribution is 2.28. The summed E-state index contributed by atoms with van der Waals surface area (Å²) >= 11 is 0. The highest BCUT2D eigenvalue weighted by molar-refractivity contribution is 4.71. The summed E-state index contributed by atoms with van der Waals surface area (Å²) in [6.07, 6.45) is 8.88. The summed E-state index contributed by atoms with van der Waals surface area (Å²) in [6, 6.07) is 0. The fourth-order valence-electron chi connectivity index (χ4n) is 1.42. The van der Waals surface area contributed by atoms with Crippen LogP contribution in [0, 0.1) is 5.92 Å². The van der Waals surface area contributed by atoms with Gasteiger partial charge in [0.15, 0.2) is 0 Å². The van der Waals surface area contributed by atoms with E-state index in [0.717, 1.165) is 18.9 Å². The molecule has 0 spiro atoms. The van der Waals surface area contributed by atoms with Crippen LogP contribution in [0.1, 0.15) is 32.1 Å². The van der Waals surface area contributed by atoms with Crippen molar-refractivity contribution in [3.63, 3.8) is 0 Å². The van der Waals surface area contributed by atoms with E-state index >= 15 is 0 Å². The van der Waals surface area contributed by atoms with Gasteiger partial charge in [0.05, 0.1) is 0 Å². The molecule has 0 aromatic carbocycles. The summed E-state index contributed by atoms with van der Waals surface area (Å²) in [5.41, 5.74) is 0. The quantitative estimate of drug-likeness (QED) is 0.456. The molecule has 1 rings (SSSR count). The van der Waals surface area contributed by atoms with E-state index in [-0.39, 0.29) is 0 Å². The number of rotatable bonds is 6. The van der Waals surface area contributed by atoms with Crippen LogP contribution >= 0.6 is 0 Å². The minimum absolute atomic E-state index is 1.05. The van der Waals surface area contributed by atoms with Gasteiger partial charge in [0.25, 0.3) is 0 Å². The molecule has 1 aliphatic rings. The molecular formula is C10H19N. The number of nitrogens with one attached hydrogen (secondary N) is 1. The summed E-state index contributed by atoms with van der Waals surface area (Å²) in [5.74, 6) is 1.05. The van der Waals surface area contributed by atoms with E-state index in [9.17, 15) is 0 Å². The Hall–Kier alpha value is -0.300. The van der Waals surface area contributed by atoms with Crippen LogP contribution in [-0.4, -0.2) is 13.1 Å². The lowest BCUT2D eigenvalue weighted by molar-refractivity contribution is 0.292. The van der Waals surface area contributed by atoms with E-state index in [1.54, 1.807) is 0 Å². The van der Waals surface area contributed by atoms with Crippen LogP contribution in [0.15, 0.2) is 12.7 Å². The molecule has 0 unspecified atom stereocenters. The molecule has 0 aliphatic heterocycles. The molecule has 1 aliphatic carbocycles. The van der Waals surface area contributed by atoms with Gasteiger partial charge in [-0.25, -0.2) is 0 Å². The van der Waals surface area contributed by atoms with Gasteiger partial charge in [-0.2, -0.15) is 0 Å². The van der Waals surface area contributed by atoms with Crippen molar-refractivity contribution in [3.05, 3.63) is 12.7 Å². The molecule has 1 heteroatoms. The molecule has 1 fully saturated rings. The Morgan fingerprint density at radius 2 is 2.18 bits per heavy atom. The van der Waals surface area contributed by atoms with Crippen molar-refractivity contribution in [1.29, 1.82) is 0 Å². The normalized spacial score (nSPS) is 17.8. The Balaban J connectivity index is 1.76. The number of hydrogen-bond donors (Lipinski definition) is 1. The maximum Gasteiger partial charge on any atom is -0.00144 e. The Labute approximate surface area is 69.9 Å². The van der Waals surface area contributed by atoms with Crippen molar-refractivity contribution in [2.24, 2.45) is 5.92 Å². The lowest BCUT2D eigenvalue weighted by Crippen LogP contribution is -2.21. The third-order valence-corrected chi connectivity index (χ3v) is 2.48. The van der Waals surface area contributed by atoms with Gasteiger partial charge in [0, 0.05) is 0 Å². The first-order valence-corrected chi connectivity index (χ1v) is 4.75. The standard InChI is InChI=1S/C10H19N/c1-2-3-8-11-9-7-10-5-4-6-10/h2,10-11H,1,3-9H2. The highest BCUT2D eigenvalue weighted by Gasteiger charge is 2.15. The monoisotopic (exact) mass is 153 g/mol. The fourth-order valence-corrected chi connectivity index (χ4v) is 1.42. The van der Waals surface area contributed by atoms with E-state index in [2.05, 4.69) is 11.9 Å². The second kappa shape index (κ2) is 5.36. The van der Waals surface area contributed by atoms with Crippen LogP contribution in [0.2, 0.25) is 0 Å². The van der Waals surface area contributed by atoms with Crippen LogP contribution in [0.4, 0.5) is 0 Å². The van der Waals surface area contributed by atoms with Crippen molar-refractivity contribution < 1.29 is 0 Å². The van der Waals surface area contributed by atoms with Gasteiger partial charge < -0.3 is 5.32 Å². The minimum atomic E-state index is 1.05. The Morgan fingerprint density at radius 3 is 2.73 bits per heavy atom. The zero-order valence-corrected chi connectivity index (χ0v) is 7.31. The molecule has 0 atom stereocenters. The van der Waals surface area contributed by atoms with Crippen LogP contribution in [0.3, 0.4) is 0 Å². The predicted molar refractivity (Wildman–Crippen MR) is 49.6 cm³/mol. The van der Waals surface area contributed by atoms with Crippen LogP contribution < -0.4 is 5.32 Å². The summed E-state index contributed by atoms with van der Waals surface area (Å²) in [4.78, 5) is 0. The molecule has 0 heterocycles. The Morgan fingerprint density at radius 1 is 1.36 bits per heavy atom. The van der Waals surface area contributed by atoms with Gasteiger partial charge in [0.1, 0.15) is 0 Å². The smallest absolute Gasteiger partial charge is 0.00144 e. The van der Waals surface area contributed by atoms with Crippen molar-refractivity contribution in [2.45, 2.75) is 32.1 Å². The molecule has 0 aromatic rings. The van der Waals surface area contributed by atoms with E-state index in [4.69, 9.17) is 0 Å². The van der Waals surface area contributed by atoms with E-state index in [1.165, 1.54) is 32.2 Å². The third kappa shape index (κ3) is 3.57. The molecule has 0 amide bonds. The fraction of sp³-hybridized carbons (Fsp3) is 0.800. The summed E-state index contributed by atoms with van der Waals surface area (Å²) in [5, 5.41) is 3.41. The molecular weight excluding hydrogens is 134 g/mol. The molecule has 0 bridgehead atoms. The zero-order chi connectivity index (χ0) is 7.94. The van der Waals surface area contributed by atoms with Crippen molar-refractivity contribution in [3.8, 4) is 0 Å². The SMILES string of the molecule is C=CCCNCCC1CCC1. The van der Waals surface area contributed by atoms with E-state index < -0.39 is 0 Å². The number of hydrogen-bond acceptors (Lipinski definition) is 1. The van der Waals surface area contributed by atoms with Crippen LogP contribution in [0.5, 0.6) is 0 Å². The molecule has 1 N–H and O–H groups in total. The lowest BCUT2D eigenvalue weighted by Gasteiger charge is -2.25. The second-order valence-corrected chi connectivity index (χ2v) is 3.41. The Bertz CT molecular complexity index is 105. The van der Waals surface area contributed by atoms with Crippen LogP contribution in [0.25, 0.3) is 0 Å². The average molecular weight is 153 g/mol. The Kier molecular flexibility index (Phi) is 4.29. The summed E-state index contributed by atoms with van der Waals surface area (Å²) in [7, 11) is 0. The largest absolute Gasteiger partial charge is 0.316 e. The predicted octanol–water partition coefficient (Wildman–Crippen LogP) is 2.34. The van der Waals surface area contributed by atoms with Gasteiger partial charge in [-0.05, 0) is 31.8 Å². The first-order chi connectivity index (χ1) is 5.43. The molecule has 1 nitrogen and oxygen atoms in total. The van der Waals surface area contributed by atoms with Gasteiger partial charge in [-0.3, -0.25) is 0 Å². The van der Waals surface area contributed by atoms with Crippen LogP contribution in [-0.2, 0) is 0 Å². The maximum absolute atomic E-state index is 3.68. The van der Waals surface area contributed by atoms with Crippen molar-refractivity contribution >= 4 is 0 Å². The maximum atomic E-state index is 3.68. The minimum Gasteiger partial charge on any atom is -0.316 e. The lowest BCUT2D eigenvalue weighted by atomic mass is 9.83. The van der Waals surface area contributed by atoms with Crippen molar-refractivity contribution in [1.82, 2.24) is 5.32 Å². The molecule has 1 saturated carbocycles. The first kappa shape index (κ1) is 8.79. The average Bonchev–Trinajstić information content (AvgIpc) is 1.93. The van der Waals surface area contributed by atoms with Gasteiger partial charge in [0.2, 0.25) is 0 Å². The molecule has 11 heavy (non-hydrogen) atoms. The van der Waals surface area contributed by atoms with E-state index in [1.807, 2.05) is 6.08 Å². The molecule has 0 aromatic heterocycles. The van der Waals surface area contributed by atoms with E-state index in [0.29, 0.717) is 0 Å². The third-order valence-electron chi connectivity index (χ3n) is 2.48. The first-order valence-electron chi connectivity index (χ1n) is 4.75. The highest BCUT2D eigenvalue weighted by atomic mass is 14.8. The van der Waals surface area contributed by atoms with Gasteiger partial charge in [-0.1, -0.05) is 25.3 Å². The van der Waals surface area contributed by atoms with Gasteiger partial charge >= 0.3 is 0 Å². The molecule has 0 radical (unpaired) electrons. The van der Waals surface area contributed by atoms with Crippen molar-refractivity contribution in [2.75, 3.05) is 13.1 Å². The second-order valence-electron chi connectivity index (χ2n) is 3.41. The molecule has 64 valence electrons. The molecule has 0 saturated heterocycles.